The Morgan fingerprint density at radius 1 is 1.11 bits per heavy atom. The van der Waals surface area contributed by atoms with Crippen LogP contribution in [0.4, 0.5) is 4.39 Å². The van der Waals surface area contributed by atoms with Crippen LogP contribution >= 0.6 is 11.8 Å². The Morgan fingerprint density at radius 3 is 2.66 bits per heavy atom. The number of nitrogens with one attached hydrogen (secondary N) is 1. The summed E-state index contributed by atoms with van der Waals surface area (Å²) in [7, 11) is 0. The number of carbonyl (C=O) groups excluding carboxylic acids is 2. The molecule has 2 N–H and O–H groups in total. The van der Waals surface area contributed by atoms with Gasteiger partial charge in [-0.2, -0.15) is 0 Å². The lowest BCUT2D eigenvalue weighted by Gasteiger charge is -2.29. The Labute approximate surface area is 227 Å². The largest absolute Gasteiger partial charge is 0.507 e. The SMILES string of the molecule is CSc1cccc(Oc2ncc(F)cc2C(=O)CCCC2CCC(NC(=O)c3cc(C)ccc3O)CC2)c1. The lowest BCUT2D eigenvalue weighted by molar-refractivity contribution is 0.0913. The van der Waals surface area contributed by atoms with Gasteiger partial charge in [0.2, 0.25) is 5.88 Å². The van der Waals surface area contributed by atoms with Crippen LogP contribution in [0.2, 0.25) is 0 Å². The molecule has 0 saturated heterocycles. The number of benzene rings is 2. The molecule has 1 fully saturated rings. The number of nitrogens with zero attached hydrogens (tertiary/aromatic N) is 1. The van der Waals surface area contributed by atoms with Crippen molar-refractivity contribution >= 4 is 23.5 Å². The van der Waals surface area contributed by atoms with Crippen LogP contribution in [0.15, 0.2) is 59.6 Å². The standard InChI is InChI=1S/C30H33FN2O4S/c1-19-9-14-28(35)25(15-19)29(36)33-22-12-10-20(11-13-22)5-3-8-27(34)26-16-21(31)18-32-30(26)37-23-6-4-7-24(17-23)38-2/h4,6-7,9,14-18,20,22,35H,3,5,8,10-13H2,1-2H3,(H,33,36). The van der Waals surface area contributed by atoms with Gasteiger partial charge in [-0.3, -0.25) is 9.59 Å². The van der Waals surface area contributed by atoms with Crippen LogP contribution in [-0.2, 0) is 0 Å². The first-order valence-corrected chi connectivity index (χ1v) is 14.2. The maximum Gasteiger partial charge on any atom is 0.255 e. The van der Waals surface area contributed by atoms with Crippen LogP contribution in [0.5, 0.6) is 17.4 Å². The van der Waals surface area contributed by atoms with Crippen molar-refractivity contribution in [2.24, 2.45) is 5.92 Å². The second-order valence-corrected chi connectivity index (χ2v) is 10.7. The number of hydrogen-bond donors (Lipinski definition) is 2. The summed E-state index contributed by atoms with van der Waals surface area (Å²) in [6.45, 7) is 1.88. The zero-order chi connectivity index (χ0) is 27.1. The van der Waals surface area contributed by atoms with E-state index >= 15 is 0 Å². The molecule has 200 valence electrons. The van der Waals surface area contributed by atoms with E-state index < -0.39 is 5.82 Å². The number of aromatic nitrogens is 1. The molecule has 4 rings (SSSR count). The summed E-state index contributed by atoms with van der Waals surface area (Å²) >= 11 is 1.58. The van der Waals surface area contributed by atoms with E-state index in [0.717, 1.165) is 48.8 Å². The van der Waals surface area contributed by atoms with Crippen LogP contribution in [0.3, 0.4) is 0 Å². The van der Waals surface area contributed by atoms with Gasteiger partial charge in [0.25, 0.3) is 5.91 Å². The van der Waals surface area contributed by atoms with Crippen molar-refractivity contribution in [2.45, 2.75) is 62.8 Å². The fourth-order valence-electron chi connectivity index (χ4n) is 4.86. The number of thioether (sulfide) groups is 1. The maximum atomic E-state index is 13.9. The van der Waals surface area contributed by atoms with Crippen molar-refractivity contribution in [2.75, 3.05) is 6.26 Å². The Morgan fingerprint density at radius 2 is 1.89 bits per heavy atom. The molecule has 0 aliphatic heterocycles. The number of Topliss-reactive ketones (excluding diaryl/α,β-unsaturated/α-hetero) is 1. The quantitative estimate of drug-likeness (QED) is 0.212. The van der Waals surface area contributed by atoms with Gasteiger partial charge in [-0.05, 0) is 87.6 Å². The Bertz CT molecular complexity index is 1290. The molecule has 0 unspecified atom stereocenters. The summed E-state index contributed by atoms with van der Waals surface area (Å²) in [5.74, 6) is 0.116. The van der Waals surface area contributed by atoms with Gasteiger partial charge >= 0.3 is 0 Å². The van der Waals surface area contributed by atoms with Gasteiger partial charge in [-0.15, -0.1) is 11.8 Å². The maximum absolute atomic E-state index is 13.9. The second kappa shape index (κ2) is 12.9. The molecule has 1 amide bonds. The van der Waals surface area contributed by atoms with Gasteiger partial charge in [0.05, 0.1) is 17.3 Å². The molecule has 0 radical (unpaired) electrons. The highest BCUT2D eigenvalue weighted by atomic mass is 32.2. The predicted octanol–water partition coefficient (Wildman–Crippen LogP) is 7.09. The van der Waals surface area contributed by atoms with Crippen molar-refractivity contribution in [3.05, 3.63) is 77.2 Å². The van der Waals surface area contributed by atoms with Crippen molar-refractivity contribution in [1.82, 2.24) is 10.3 Å². The Kier molecular flexibility index (Phi) is 9.39. The second-order valence-electron chi connectivity index (χ2n) is 9.81. The summed E-state index contributed by atoms with van der Waals surface area (Å²) < 4.78 is 19.8. The third-order valence-electron chi connectivity index (χ3n) is 6.97. The fraction of sp³-hybridized carbons (Fsp3) is 0.367. The lowest BCUT2D eigenvalue weighted by atomic mass is 9.82. The van der Waals surface area contributed by atoms with Crippen molar-refractivity contribution in [3.8, 4) is 17.4 Å². The van der Waals surface area contributed by atoms with Gasteiger partial charge < -0.3 is 15.2 Å². The molecule has 8 heteroatoms. The minimum Gasteiger partial charge on any atom is -0.507 e. The number of aromatic hydroxyl groups is 1. The van der Waals surface area contributed by atoms with Crippen LogP contribution in [0, 0.1) is 18.7 Å². The molecule has 6 nitrogen and oxygen atoms in total. The predicted molar refractivity (Wildman–Crippen MR) is 147 cm³/mol. The smallest absolute Gasteiger partial charge is 0.255 e. The van der Waals surface area contributed by atoms with E-state index in [2.05, 4.69) is 10.3 Å². The minimum absolute atomic E-state index is 0.0120. The topological polar surface area (TPSA) is 88.5 Å². The zero-order valence-electron chi connectivity index (χ0n) is 21.7. The monoisotopic (exact) mass is 536 g/mol. The summed E-state index contributed by atoms with van der Waals surface area (Å²) in [6, 6.07) is 13.7. The number of carbonyl (C=O) groups is 2. The lowest BCUT2D eigenvalue weighted by Crippen LogP contribution is -2.37. The van der Waals surface area contributed by atoms with Crippen LogP contribution in [0.1, 0.15) is 71.2 Å². The molecular weight excluding hydrogens is 503 g/mol. The number of amides is 1. The van der Waals surface area contributed by atoms with E-state index in [9.17, 15) is 19.1 Å². The van der Waals surface area contributed by atoms with Gasteiger partial charge in [0, 0.05) is 17.4 Å². The molecule has 0 atom stereocenters. The van der Waals surface area contributed by atoms with Crippen molar-refractivity contribution in [3.63, 3.8) is 0 Å². The van der Waals surface area contributed by atoms with E-state index in [1.165, 1.54) is 6.07 Å². The molecule has 38 heavy (non-hydrogen) atoms. The van der Waals surface area contributed by atoms with E-state index in [1.54, 1.807) is 36.0 Å². The number of rotatable bonds is 10. The average Bonchev–Trinajstić information content (AvgIpc) is 2.92. The molecular formula is C30H33FN2O4S. The first-order chi connectivity index (χ1) is 18.3. The average molecular weight is 537 g/mol. The summed E-state index contributed by atoms with van der Waals surface area (Å²) in [5.41, 5.74) is 1.38. The molecule has 0 bridgehead atoms. The molecule has 1 heterocycles. The Hall–Kier alpha value is -3.39. The highest BCUT2D eigenvalue weighted by Gasteiger charge is 2.24. The molecule has 2 aromatic carbocycles. The molecule has 1 aliphatic rings. The van der Waals surface area contributed by atoms with Crippen LogP contribution in [0.25, 0.3) is 0 Å². The number of ketones is 1. The zero-order valence-corrected chi connectivity index (χ0v) is 22.5. The molecule has 1 saturated carbocycles. The summed E-state index contributed by atoms with van der Waals surface area (Å²) in [5, 5.41) is 13.1. The van der Waals surface area contributed by atoms with Crippen molar-refractivity contribution in [1.29, 1.82) is 0 Å². The van der Waals surface area contributed by atoms with E-state index in [4.69, 9.17) is 4.74 Å². The van der Waals surface area contributed by atoms with Crippen LogP contribution in [-0.4, -0.2) is 34.1 Å². The van der Waals surface area contributed by atoms with E-state index in [1.807, 2.05) is 31.4 Å². The third-order valence-corrected chi connectivity index (χ3v) is 7.69. The van der Waals surface area contributed by atoms with Gasteiger partial charge in [-0.25, -0.2) is 9.37 Å². The molecule has 1 aromatic heterocycles. The molecule has 3 aromatic rings. The third kappa shape index (κ3) is 7.34. The Balaban J connectivity index is 1.26. The van der Waals surface area contributed by atoms with Gasteiger partial charge in [-0.1, -0.05) is 24.1 Å². The van der Waals surface area contributed by atoms with Crippen LogP contribution < -0.4 is 10.1 Å². The number of halogens is 1. The van der Waals surface area contributed by atoms with Gasteiger partial charge in [0.15, 0.2) is 5.78 Å². The first-order valence-electron chi connectivity index (χ1n) is 12.9. The highest BCUT2D eigenvalue weighted by molar-refractivity contribution is 7.98. The summed E-state index contributed by atoms with van der Waals surface area (Å²) in [4.78, 5) is 30.6. The number of aryl methyl sites for hydroxylation is 1. The normalized spacial score (nSPS) is 17.1. The number of phenols is 1. The fourth-order valence-corrected chi connectivity index (χ4v) is 5.31. The number of pyridine rings is 1. The van der Waals surface area contributed by atoms with E-state index in [-0.39, 0.29) is 41.3 Å². The van der Waals surface area contributed by atoms with Gasteiger partial charge in [0.1, 0.15) is 17.3 Å². The highest BCUT2D eigenvalue weighted by Crippen LogP contribution is 2.31. The number of hydrogen-bond acceptors (Lipinski definition) is 6. The number of phenolic OH excluding ortho intramolecular Hbond substituents is 1. The first kappa shape index (κ1) is 27.6. The minimum atomic E-state index is -0.571. The molecule has 0 spiro atoms. The summed E-state index contributed by atoms with van der Waals surface area (Å²) in [6.07, 6.45) is 8.52. The van der Waals surface area contributed by atoms with Crippen molar-refractivity contribution < 1.29 is 23.8 Å². The number of ether oxygens (including phenoxy) is 1. The van der Waals surface area contributed by atoms with E-state index in [0.29, 0.717) is 23.7 Å². The molecule has 1 aliphatic carbocycles.